The topological polar surface area (TPSA) is 63.2 Å². The van der Waals surface area contributed by atoms with Crippen LogP contribution < -0.4 is 5.32 Å². The van der Waals surface area contributed by atoms with Crippen molar-refractivity contribution in [1.29, 1.82) is 0 Å². The molecule has 0 aliphatic rings. The maximum atomic E-state index is 11.7. The summed E-state index contributed by atoms with van der Waals surface area (Å²) < 4.78 is 22.3. The second-order valence-corrected chi connectivity index (χ2v) is 7.41. The smallest absolute Gasteiger partial charge is 0.261 e. The van der Waals surface area contributed by atoms with E-state index < -0.39 is 9.05 Å². The first-order chi connectivity index (χ1) is 9.34. The molecule has 0 atom stereocenters. The van der Waals surface area contributed by atoms with Crippen molar-refractivity contribution >= 4 is 42.9 Å². The molecule has 0 aliphatic heterocycles. The highest BCUT2D eigenvalue weighted by Crippen LogP contribution is 2.27. The van der Waals surface area contributed by atoms with Gasteiger partial charge in [-0.1, -0.05) is 37.8 Å². The van der Waals surface area contributed by atoms with Crippen LogP contribution in [-0.2, 0) is 13.8 Å². The van der Waals surface area contributed by atoms with Gasteiger partial charge in [0.1, 0.15) is 0 Å². The molecule has 0 aromatic heterocycles. The molecule has 0 unspecified atom stereocenters. The summed E-state index contributed by atoms with van der Waals surface area (Å²) in [4.78, 5) is 11.6. The summed E-state index contributed by atoms with van der Waals surface area (Å²) in [5.74, 6) is -0.135. The molecule has 1 amide bonds. The molecule has 1 aromatic carbocycles. The Bertz CT molecular complexity index is 573. The first-order valence-electron chi connectivity index (χ1n) is 6.38. The number of hydrogen-bond donors (Lipinski definition) is 1. The number of nitrogens with one attached hydrogen (secondary N) is 1. The van der Waals surface area contributed by atoms with E-state index in [4.69, 9.17) is 22.3 Å². The van der Waals surface area contributed by atoms with Crippen LogP contribution in [0.4, 0.5) is 5.69 Å². The molecule has 7 heteroatoms. The van der Waals surface area contributed by atoms with Gasteiger partial charge in [0.25, 0.3) is 9.05 Å². The summed E-state index contributed by atoms with van der Waals surface area (Å²) in [5, 5.41) is 2.80. The van der Waals surface area contributed by atoms with E-state index in [1.807, 2.05) is 0 Å². The Morgan fingerprint density at radius 1 is 1.25 bits per heavy atom. The van der Waals surface area contributed by atoms with Crippen molar-refractivity contribution in [1.82, 2.24) is 0 Å². The molecule has 0 fully saturated rings. The third kappa shape index (κ3) is 5.69. The molecule has 0 bridgehead atoms. The SMILES string of the molecule is CCCCCCC(=O)Nc1ccc(S(=O)(=O)Cl)cc1Cl. The number of carbonyl (C=O) groups excluding carboxylic acids is 1. The molecule has 20 heavy (non-hydrogen) atoms. The van der Waals surface area contributed by atoms with Crippen LogP contribution in [0.1, 0.15) is 39.0 Å². The number of carbonyl (C=O) groups is 1. The quantitative estimate of drug-likeness (QED) is 0.599. The van der Waals surface area contributed by atoms with Gasteiger partial charge in [0, 0.05) is 17.1 Å². The predicted octanol–water partition coefficient (Wildman–Crippen LogP) is 4.18. The second kappa shape index (κ2) is 7.86. The van der Waals surface area contributed by atoms with Crippen molar-refractivity contribution in [2.75, 3.05) is 5.32 Å². The van der Waals surface area contributed by atoms with Crippen LogP contribution >= 0.6 is 22.3 Å². The van der Waals surface area contributed by atoms with E-state index in [0.29, 0.717) is 12.1 Å². The lowest BCUT2D eigenvalue weighted by Crippen LogP contribution is -2.11. The van der Waals surface area contributed by atoms with Crippen LogP contribution in [0.2, 0.25) is 5.02 Å². The molecular weight excluding hydrogens is 321 g/mol. The molecule has 112 valence electrons. The summed E-state index contributed by atoms with van der Waals surface area (Å²) in [6.45, 7) is 2.10. The van der Waals surface area contributed by atoms with E-state index >= 15 is 0 Å². The lowest BCUT2D eigenvalue weighted by molar-refractivity contribution is -0.116. The van der Waals surface area contributed by atoms with Gasteiger partial charge < -0.3 is 5.32 Å². The third-order valence-electron chi connectivity index (χ3n) is 2.75. The van der Waals surface area contributed by atoms with Gasteiger partial charge in [0.2, 0.25) is 5.91 Å². The van der Waals surface area contributed by atoms with Gasteiger partial charge in [0.05, 0.1) is 15.6 Å². The van der Waals surface area contributed by atoms with E-state index in [9.17, 15) is 13.2 Å². The molecule has 1 N–H and O–H groups in total. The van der Waals surface area contributed by atoms with Gasteiger partial charge in [-0.3, -0.25) is 4.79 Å². The van der Waals surface area contributed by atoms with Gasteiger partial charge in [-0.05, 0) is 24.6 Å². The number of halogens is 2. The van der Waals surface area contributed by atoms with Gasteiger partial charge in [-0.25, -0.2) is 8.42 Å². The zero-order chi connectivity index (χ0) is 15.2. The Labute approximate surface area is 128 Å². The Morgan fingerprint density at radius 3 is 2.50 bits per heavy atom. The average Bonchev–Trinajstić information content (AvgIpc) is 2.36. The number of amides is 1. The average molecular weight is 338 g/mol. The van der Waals surface area contributed by atoms with Crippen molar-refractivity contribution < 1.29 is 13.2 Å². The summed E-state index contributed by atoms with van der Waals surface area (Å²) in [6, 6.07) is 3.96. The Balaban J connectivity index is 2.63. The van der Waals surface area contributed by atoms with Crippen molar-refractivity contribution in [2.45, 2.75) is 43.9 Å². The van der Waals surface area contributed by atoms with E-state index in [0.717, 1.165) is 25.7 Å². The van der Waals surface area contributed by atoms with Crippen LogP contribution in [0.5, 0.6) is 0 Å². The molecule has 4 nitrogen and oxygen atoms in total. The van der Waals surface area contributed by atoms with E-state index in [1.165, 1.54) is 18.2 Å². The normalized spacial score (nSPS) is 11.3. The molecule has 0 saturated carbocycles. The van der Waals surface area contributed by atoms with Crippen LogP contribution in [0.3, 0.4) is 0 Å². The van der Waals surface area contributed by atoms with Gasteiger partial charge >= 0.3 is 0 Å². The van der Waals surface area contributed by atoms with E-state index in [2.05, 4.69) is 12.2 Å². The van der Waals surface area contributed by atoms with Crippen molar-refractivity contribution in [2.24, 2.45) is 0 Å². The second-order valence-electron chi connectivity index (χ2n) is 4.44. The zero-order valence-corrected chi connectivity index (χ0v) is 13.5. The Kier molecular flexibility index (Phi) is 6.79. The predicted molar refractivity (Wildman–Crippen MR) is 81.9 cm³/mol. The standard InChI is InChI=1S/C13H17Cl2NO3S/c1-2-3-4-5-6-13(17)16-12-8-7-10(9-11(12)14)20(15,18)19/h7-9H,2-6H2,1H3,(H,16,17). The van der Waals surface area contributed by atoms with Crippen molar-refractivity contribution in [3.63, 3.8) is 0 Å². The fourth-order valence-electron chi connectivity index (χ4n) is 1.67. The Morgan fingerprint density at radius 2 is 1.95 bits per heavy atom. The van der Waals surface area contributed by atoms with Crippen LogP contribution in [0.15, 0.2) is 23.1 Å². The minimum absolute atomic E-state index is 0.0925. The lowest BCUT2D eigenvalue weighted by Gasteiger charge is -2.08. The van der Waals surface area contributed by atoms with Crippen LogP contribution in [-0.4, -0.2) is 14.3 Å². The van der Waals surface area contributed by atoms with Gasteiger partial charge in [-0.15, -0.1) is 0 Å². The lowest BCUT2D eigenvalue weighted by atomic mass is 10.1. The number of anilines is 1. The summed E-state index contributed by atoms with van der Waals surface area (Å²) >= 11 is 5.93. The summed E-state index contributed by atoms with van der Waals surface area (Å²) in [5.41, 5.74) is 0.385. The fourth-order valence-corrected chi connectivity index (χ4v) is 2.74. The molecule has 0 aliphatic carbocycles. The number of benzene rings is 1. The highest BCUT2D eigenvalue weighted by Gasteiger charge is 2.13. The molecule has 1 rings (SSSR count). The van der Waals surface area contributed by atoms with Crippen LogP contribution in [0, 0.1) is 0 Å². The van der Waals surface area contributed by atoms with E-state index in [1.54, 1.807) is 0 Å². The zero-order valence-electron chi connectivity index (χ0n) is 11.2. The maximum Gasteiger partial charge on any atom is 0.261 e. The van der Waals surface area contributed by atoms with Crippen molar-refractivity contribution in [3.8, 4) is 0 Å². The summed E-state index contributed by atoms with van der Waals surface area (Å²) in [6.07, 6.45) is 4.48. The highest BCUT2D eigenvalue weighted by atomic mass is 35.7. The summed E-state index contributed by atoms with van der Waals surface area (Å²) in [7, 11) is 1.40. The fraction of sp³-hybridized carbons (Fsp3) is 0.462. The molecular formula is C13H17Cl2NO3S. The molecule has 0 saturated heterocycles. The number of hydrogen-bond acceptors (Lipinski definition) is 3. The van der Waals surface area contributed by atoms with Gasteiger partial charge in [0.15, 0.2) is 0 Å². The monoisotopic (exact) mass is 337 g/mol. The highest BCUT2D eigenvalue weighted by molar-refractivity contribution is 8.13. The maximum absolute atomic E-state index is 11.7. The molecule has 0 radical (unpaired) electrons. The number of unbranched alkanes of at least 4 members (excludes halogenated alkanes) is 3. The van der Waals surface area contributed by atoms with E-state index in [-0.39, 0.29) is 15.8 Å². The molecule has 0 heterocycles. The Hall–Kier alpha value is -0.780. The van der Waals surface area contributed by atoms with Gasteiger partial charge in [-0.2, -0.15) is 0 Å². The minimum atomic E-state index is -3.82. The first kappa shape index (κ1) is 17.3. The molecule has 0 spiro atoms. The van der Waals surface area contributed by atoms with Crippen molar-refractivity contribution in [3.05, 3.63) is 23.2 Å². The third-order valence-corrected chi connectivity index (χ3v) is 4.42. The van der Waals surface area contributed by atoms with Crippen LogP contribution in [0.25, 0.3) is 0 Å². The number of rotatable bonds is 7. The largest absolute Gasteiger partial charge is 0.325 e. The minimum Gasteiger partial charge on any atom is -0.325 e. The molecule has 1 aromatic rings. The first-order valence-corrected chi connectivity index (χ1v) is 9.07.